The van der Waals surface area contributed by atoms with Crippen LogP contribution in [-0.4, -0.2) is 114 Å². The lowest BCUT2D eigenvalue weighted by atomic mass is 9.98. The summed E-state index contributed by atoms with van der Waals surface area (Å²) in [6.07, 6.45) is -12.2. The molecule has 2 heterocycles. The van der Waals surface area contributed by atoms with Crippen LogP contribution >= 0.6 is 0 Å². The van der Waals surface area contributed by atoms with Gasteiger partial charge in [0.15, 0.2) is 24.6 Å². The molecule has 0 aromatic heterocycles. The summed E-state index contributed by atoms with van der Waals surface area (Å²) in [5.41, 5.74) is 0. The van der Waals surface area contributed by atoms with E-state index in [4.69, 9.17) is 33.2 Å². The van der Waals surface area contributed by atoms with Gasteiger partial charge in [0.1, 0.15) is 37.1 Å². The summed E-state index contributed by atoms with van der Waals surface area (Å²) in [4.78, 5) is 45.8. The molecule has 2 rings (SSSR count). The number of carbonyl (C=O) groups excluding carboxylic acids is 4. The van der Waals surface area contributed by atoms with E-state index in [-0.39, 0.29) is 6.61 Å². The molecular weight excluding hydrogens is 464 g/mol. The topological polar surface area (TPSA) is 194 Å². The Morgan fingerprint density at radius 2 is 1.32 bits per heavy atom. The summed E-state index contributed by atoms with van der Waals surface area (Å²) in [5.74, 6) is -2.79. The van der Waals surface area contributed by atoms with Gasteiger partial charge < -0.3 is 48.5 Å². The number of aliphatic hydroxyl groups is 3. The van der Waals surface area contributed by atoms with E-state index >= 15 is 0 Å². The lowest BCUT2D eigenvalue weighted by Gasteiger charge is -2.42. The van der Waals surface area contributed by atoms with E-state index in [0.29, 0.717) is 0 Å². The summed E-state index contributed by atoms with van der Waals surface area (Å²) in [7, 11) is 0. The second kappa shape index (κ2) is 12.4. The maximum absolute atomic E-state index is 11.7. The number of aliphatic hydroxyl groups excluding tert-OH is 3. The highest BCUT2D eigenvalue weighted by Gasteiger charge is 2.49. The molecule has 0 amide bonds. The Hall–Kier alpha value is -2.36. The third kappa shape index (κ3) is 7.58. The Kier molecular flexibility index (Phi) is 10.1. The Balaban J connectivity index is 2.14. The van der Waals surface area contributed by atoms with Gasteiger partial charge in [0.25, 0.3) is 0 Å². The zero-order valence-corrected chi connectivity index (χ0v) is 19.1. The van der Waals surface area contributed by atoms with E-state index in [1.807, 2.05) is 0 Å². The fourth-order valence-corrected chi connectivity index (χ4v) is 3.54. The van der Waals surface area contributed by atoms with Crippen molar-refractivity contribution < 1.29 is 67.7 Å². The van der Waals surface area contributed by atoms with Crippen LogP contribution in [0.1, 0.15) is 27.7 Å². The van der Waals surface area contributed by atoms with Crippen LogP contribution in [0, 0.1) is 0 Å². The van der Waals surface area contributed by atoms with E-state index in [2.05, 4.69) is 0 Å². The first-order valence-corrected chi connectivity index (χ1v) is 10.5. The third-order valence-corrected chi connectivity index (χ3v) is 5.00. The average molecular weight is 494 g/mol. The summed E-state index contributed by atoms with van der Waals surface area (Å²) in [5, 5.41) is 30.4. The van der Waals surface area contributed by atoms with E-state index in [9.17, 15) is 34.5 Å². The van der Waals surface area contributed by atoms with Crippen molar-refractivity contribution in [1.82, 2.24) is 0 Å². The molecule has 0 radical (unpaired) electrons. The van der Waals surface area contributed by atoms with Gasteiger partial charge in [-0.3, -0.25) is 19.2 Å². The molecule has 0 saturated carbocycles. The number of hydrogen-bond acceptors (Lipinski definition) is 14. The van der Waals surface area contributed by atoms with Crippen LogP contribution in [0.2, 0.25) is 0 Å². The maximum atomic E-state index is 11.7. The molecule has 14 heteroatoms. The Bertz CT molecular complexity index is 741. The van der Waals surface area contributed by atoms with Crippen LogP contribution < -0.4 is 0 Å². The largest absolute Gasteiger partial charge is 0.463 e. The molecule has 194 valence electrons. The Morgan fingerprint density at radius 3 is 1.88 bits per heavy atom. The molecule has 9 atom stereocenters. The molecule has 14 nitrogen and oxygen atoms in total. The smallest absolute Gasteiger partial charge is 0.303 e. The minimum atomic E-state index is -1.68. The van der Waals surface area contributed by atoms with Gasteiger partial charge >= 0.3 is 23.9 Å². The van der Waals surface area contributed by atoms with Crippen molar-refractivity contribution in [3.05, 3.63) is 0 Å². The van der Waals surface area contributed by atoms with Crippen molar-refractivity contribution in [2.45, 2.75) is 82.8 Å². The van der Waals surface area contributed by atoms with Gasteiger partial charge in [0, 0.05) is 27.7 Å². The van der Waals surface area contributed by atoms with Crippen LogP contribution in [0.4, 0.5) is 0 Å². The Labute approximate surface area is 194 Å². The normalized spacial score (nSPS) is 35.7. The van der Waals surface area contributed by atoms with E-state index < -0.39 is 92.2 Å². The van der Waals surface area contributed by atoms with Crippen molar-refractivity contribution >= 4 is 23.9 Å². The first kappa shape index (κ1) is 27.9. The van der Waals surface area contributed by atoms with Gasteiger partial charge in [-0.1, -0.05) is 0 Å². The molecule has 0 aromatic carbocycles. The molecule has 3 N–H and O–H groups in total. The molecule has 0 bridgehead atoms. The maximum Gasteiger partial charge on any atom is 0.303 e. The molecule has 0 aliphatic carbocycles. The molecule has 2 saturated heterocycles. The zero-order chi connectivity index (χ0) is 25.6. The van der Waals surface area contributed by atoms with Gasteiger partial charge in [-0.15, -0.1) is 0 Å². The van der Waals surface area contributed by atoms with Gasteiger partial charge in [0.2, 0.25) is 0 Å². The van der Waals surface area contributed by atoms with Crippen LogP contribution in [-0.2, 0) is 52.3 Å². The summed E-state index contributed by atoms with van der Waals surface area (Å²) >= 11 is 0. The fraction of sp³-hybridized carbons (Fsp3) is 0.800. The highest BCUT2D eigenvalue weighted by molar-refractivity contribution is 5.68. The second-order valence-electron chi connectivity index (χ2n) is 7.82. The first-order chi connectivity index (χ1) is 15.9. The van der Waals surface area contributed by atoms with Crippen molar-refractivity contribution in [3.63, 3.8) is 0 Å². The minimum absolute atomic E-state index is 0.228. The third-order valence-electron chi connectivity index (χ3n) is 5.00. The predicted octanol–water partition coefficient (Wildman–Crippen LogP) is -2.43. The van der Waals surface area contributed by atoms with Gasteiger partial charge in [-0.05, 0) is 0 Å². The number of esters is 4. The number of carbonyl (C=O) groups is 4. The highest BCUT2D eigenvalue weighted by atomic mass is 16.7. The van der Waals surface area contributed by atoms with Crippen molar-refractivity contribution in [2.75, 3.05) is 19.8 Å². The van der Waals surface area contributed by atoms with Crippen molar-refractivity contribution in [2.24, 2.45) is 0 Å². The fourth-order valence-electron chi connectivity index (χ4n) is 3.54. The number of ether oxygens (including phenoxy) is 7. The monoisotopic (exact) mass is 494 g/mol. The van der Waals surface area contributed by atoms with E-state index in [1.54, 1.807) is 0 Å². The first-order valence-electron chi connectivity index (χ1n) is 10.5. The second-order valence-corrected chi connectivity index (χ2v) is 7.82. The highest BCUT2D eigenvalue weighted by Crippen LogP contribution is 2.27. The molecule has 34 heavy (non-hydrogen) atoms. The number of rotatable bonds is 8. The standard InChI is InChI=1S/C20H30O14/c1-8(21)28-5-12-15(25)16(26)17(27)20(34-12)30-6-13-18(32-10(3)23)19(33-11(4)24)14(7-29-13)31-9(2)22/h12-20,25-27H,5-7H2,1-4H3. The van der Waals surface area contributed by atoms with Gasteiger partial charge in [-0.2, -0.15) is 0 Å². The molecule has 0 spiro atoms. The molecule has 2 aliphatic heterocycles. The van der Waals surface area contributed by atoms with Crippen LogP contribution in [0.15, 0.2) is 0 Å². The van der Waals surface area contributed by atoms with Crippen LogP contribution in [0.5, 0.6) is 0 Å². The van der Waals surface area contributed by atoms with Crippen molar-refractivity contribution in [3.8, 4) is 0 Å². The van der Waals surface area contributed by atoms with E-state index in [1.165, 1.54) is 0 Å². The average Bonchev–Trinajstić information content (AvgIpc) is 2.73. The molecule has 0 aromatic rings. The predicted molar refractivity (Wildman–Crippen MR) is 106 cm³/mol. The summed E-state index contributed by atoms with van der Waals surface area (Å²) in [6.45, 7) is 3.50. The van der Waals surface area contributed by atoms with E-state index in [0.717, 1.165) is 27.7 Å². The molecule has 2 aliphatic rings. The molecule has 9 unspecified atom stereocenters. The lowest BCUT2D eigenvalue weighted by molar-refractivity contribution is -0.312. The van der Waals surface area contributed by atoms with Crippen LogP contribution in [0.25, 0.3) is 0 Å². The molecular formula is C20H30O14. The number of hydrogen-bond donors (Lipinski definition) is 3. The van der Waals surface area contributed by atoms with Crippen LogP contribution in [0.3, 0.4) is 0 Å². The van der Waals surface area contributed by atoms with Gasteiger partial charge in [0.05, 0.1) is 13.2 Å². The summed E-state index contributed by atoms with van der Waals surface area (Å²) < 4.78 is 37.0. The summed E-state index contributed by atoms with van der Waals surface area (Å²) in [6, 6.07) is 0. The minimum Gasteiger partial charge on any atom is -0.463 e. The lowest BCUT2D eigenvalue weighted by Crippen LogP contribution is -2.61. The van der Waals surface area contributed by atoms with Crippen molar-refractivity contribution in [1.29, 1.82) is 0 Å². The quantitative estimate of drug-likeness (QED) is 0.238. The Morgan fingerprint density at radius 1 is 0.735 bits per heavy atom. The van der Waals surface area contributed by atoms with Gasteiger partial charge in [-0.25, -0.2) is 0 Å². The SMILES string of the molecule is CC(=O)OCC1OC(OCC2OCC(OC(C)=O)C(OC(C)=O)C2OC(C)=O)C(O)C(O)C1O. The molecule has 2 fully saturated rings. The zero-order valence-electron chi connectivity index (χ0n) is 19.1.